The molecule has 0 saturated carbocycles. The third-order valence-corrected chi connectivity index (χ3v) is 4.07. The summed E-state index contributed by atoms with van der Waals surface area (Å²) in [6, 6.07) is 6.97. The van der Waals surface area contributed by atoms with E-state index in [1.807, 2.05) is 0 Å². The third kappa shape index (κ3) is 14.8. The number of unbranched alkanes of at least 4 members (excludes halogenated alkanes) is 3. The fourth-order valence-electron chi connectivity index (χ4n) is 2.28. The number of benzene rings is 1. The van der Waals surface area contributed by atoms with Gasteiger partial charge in [0.1, 0.15) is 18.6 Å². The molecule has 28 heavy (non-hydrogen) atoms. The molecule has 0 aromatic heterocycles. The summed E-state index contributed by atoms with van der Waals surface area (Å²) in [6.45, 7) is 5.07. The van der Waals surface area contributed by atoms with E-state index in [9.17, 15) is 4.79 Å². The SMILES string of the molecule is O=Cc1ccc(OCCOCCOCCOCCOCCCCCCCl)cc1. The van der Waals surface area contributed by atoms with Crippen LogP contribution in [0, 0.1) is 0 Å². The molecule has 0 heterocycles. The molecule has 160 valence electrons. The van der Waals surface area contributed by atoms with Crippen LogP contribution in [0.3, 0.4) is 0 Å². The van der Waals surface area contributed by atoms with Crippen molar-refractivity contribution in [3.8, 4) is 5.75 Å². The Morgan fingerprint density at radius 1 is 0.643 bits per heavy atom. The van der Waals surface area contributed by atoms with Gasteiger partial charge in [-0.2, -0.15) is 0 Å². The third-order valence-electron chi connectivity index (χ3n) is 3.80. The Balaban J connectivity index is 1.74. The highest BCUT2D eigenvalue weighted by Gasteiger charge is 1.96. The van der Waals surface area contributed by atoms with Crippen molar-refractivity contribution in [2.24, 2.45) is 0 Å². The lowest BCUT2D eigenvalue weighted by atomic mass is 10.2. The van der Waals surface area contributed by atoms with Crippen LogP contribution in [0.15, 0.2) is 24.3 Å². The van der Waals surface area contributed by atoms with Crippen molar-refractivity contribution < 1.29 is 28.5 Å². The molecule has 6 nitrogen and oxygen atoms in total. The molecule has 0 bridgehead atoms. The molecule has 1 rings (SSSR count). The van der Waals surface area contributed by atoms with E-state index in [0.717, 1.165) is 37.4 Å². The number of hydrogen-bond acceptors (Lipinski definition) is 6. The van der Waals surface area contributed by atoms with Gasteiger partial charge >= 0.3 is 0 Å². The number of carbonyl (C=O) groups excluding carboxylic acids is 1. The van der Waals surface area contributed by atoms with Crippen molar-refractivity contribution in [1.82, 2.24) is 0 Å². The number of aldehydes is 1. The zero-order chi connectivity index (χ0) is 20.1. The van der Waals surface area contributed by atoms with Crippen LogP contribution in [0.1, 0.15) is 36.0 Å². The quantitative estimate of drug-likeness (QED) is 0.183. The van der Waals surface area contributed by atoms with Crippen molar-refractivity contribution >= 4 is 17.9 Å². The summed E-state index contributed by atoms with van der Waals surface area (Å²) in [6.07, 6.45) is 5.31. The van der Waals surface area contributed by atoms with Crippen molar-refractivity contribution in [2.75, 3.05) is 65.3 Å². The lowest BCUT2D eigenvalue weighted by molar-refractivity contribution is -0.00486. The molecule has 0 saturated heterocycles. The van der Waals surface area contributed by atoms with Crippen LogP contribution in [-0.2, 0) is 18.9 Å². The highest BCUT2D eigenvalue weighted by atomic mass is 35.5. The summed E-state index contributed by atoms with van der Waals surface area (Å²) in [5, 5.41) is 0. The summed E-state index contributed by atoms with van der Waals surface area (Å²) in [5.41, 5.74) is 0.631. The molecular weight excluding hydrogens is 384 g/mol. The largest absolute Gasteiger partial charge is 0.491 e. The first-order valence-electron chi connectivity index (χ1n) is 9.92. The van der Waals surface area contributed by atoms with Gasteiger partial charge in [-0.3, -0.25) is 4.79 Å². The minimum absolute atomic E-state index is 0.455. The Morgan fingerprint density at radius 2 is 1.14 bits per heavy atom. The highest BCUT2D eigenvalue weighted by Crippen LogP contribution is 2.10. The molecule has 0 aliphatic heterocycles. The van der Waals surface area contributed by atoms with Crippen LogP contribution in [0.25, 0.3) is 0 Å². The molecular formula is C21H33ClO6. The van der Waals surface area contributed by atoms with Gasteiger partial charge in [-0.15, -0.1) is 11.6 Å². The number of carbonyl (C=O) groups is 1. The monoisotopic (exact) mass is 416 g/mol. The van der Waals surface area contributed by atoms with E-state index in [4.69, 9.17) is 35.3 Å². The Kier molecular flexibility index (Phi) is 17.0. The van der Waals surface area contributed by atoms with Crippen LogP contribution in [0.4, 0.5) is 0 Å². The van der Waals surface area contributed by atoms with Crippen molar-refractivity contribution in [2.45, 2.75) is 25.7 Å². The highest BCUT2D eigenvalue weighted by molar-refractivity contribution is 6.17. The van der Waals surface area contributed by atoms with Crippen LogP contribution in [0.5, 0.6) is 5.75 Å². The van der Waals surface area contributed by atoms with Crippen molar-refractivity contribution in [3.05, 3.63) is 29.8 Å². The molecule has 0 atom stereocenters. The predicted octanol–water partition coefficient (Wildman–Crippen LogP) is 3.74. The average Bonchev–Trinajstić information content (AvgIpc) is 2.73. The standard InChI is InChI=1S/C21H33ClO6/c22-9-3-1-2-4-10-24-11-12-25-13-14-26-15-16-27-17-18-28-21-7-5-20(19-23)6-8-21/h5-8,19H,1-4,9-18H2. The normalized spacial score (nSPS) is 10.9. The van der Waals surface area contributed by atoms with Gasteiger partial charge in [-0.05, 0) is 37.1 Å². The topological polar surface area (TPSA) is 63.2 Å². The van der Waals surface area contributed by atoms with Gasteiger partial charge in [0, 0.05) is 18.1 Å². The van der Waals surface area contributed by atoms with E-state index >= 15 is 0 Å². The fraction of sp³-hybridized carbons (Fsp3) is 0.667. The number of hydrogen-bond donors (Lipinski definition) is 0. The summed E-state index contributed by atoms with van der Waals surface area (Å²) in [5.74, 6) is 1.47. The number of halogens is 1. The van der Waals surface area contributed by atoms with Crippen LogP contribution < -0.4 is 4.74 Å². The first-order valence-corrected chi connectivity index (χ1v) is 10.4. The van der Waals surface area contributed by atoms with Gasteiger partial charge in [0.2, 0.25) is 0 Å². The molecule has 1 aromatic rings. The molecule has 1 aromatic carbocycles. The molecule has 0 fully saturated rings. The minimum Gasteiger partial charge on any atom is -0.491 e. The van der Waals surface area contributed by atoms with E-state index in [1.54, 1.807) is 24.3 Å². The molecule has 0 N–H and O–H groups in total. The van der Waals surface area contributed by atoms with Gasteiger partial charge in [-0.25, -0.2) is 0 Å². The molecule has 7 heteroatoms. The van der Waals surface area contributed by atoms with Crippen molar-refractivity contribution in [3.63, 3.8) is 0 Å². The van der Waals surface area contributed by atoms with Crippen LogP contribution >= 0.6 is 11.6 Å². The maximum Gasteiger partial charge on any atom is 0.150 e. The number of alkyl halides is 1. The second-order valence-corrected chi connectivity index (χ2v) is 6.47. The Hall–Kier alpha value is -1.18. The molecule has 0 aliphatic rings. The van der Waals surface area contributed by atoms with E-state index in [1.165, 1.54) is 12.8 Å². The predicted molar refractivity (Wildman–Crippen MR) is 110 cm³/mol. The van der Waals surface area contributed by atoms with Gasteiger partial charge in [0.05, 0.1) is 46.2 Å². The maximum atomic E-state index is 10.6. The molecule has 0 amide bonds. The van der Waals surface area contributed by atoms with Gasteiger partial charge in [-0.1, -0.05) is 12.8 Å². The van der Waals surface area contributed by atoms with Gasteiger partial charge in [0.15, 0.2) is 0 Å². The van der Waals surface area contributed by atoms with Crippen LogP contribution in [-0.4, -0.2) is 71.6 Å². The fourth-order valence-corrected chi connectivity index (χ4v) is 2.46. The first-order chi connectivity index (χ1) is 13.9. The Bertz CT molecular complexity index is 468. The lowest BCUT2D eigenvalue weighted by Gasteiger charge is -2.08. The lowest BCUT2D eigenvalue weighted by Crippen LogP contribution is -2.13. The molecule has 0 radical (unpaired) electrons. The second-order valence-electron chi connectivity index (χ2n) is 6.09. The van der Waals surface area contributed by atoms with E-state index in [-0.39, 0.29) is 0 Å². The van der Waals surface area contributed by atoms with E-state index in [0.29, 0.717) is 58.4 Å². The molecule has 0 aliphatic carbocycles. The zero-order valence-corrected chi connectivity index (χ0v) is 17.4. The van der Waals surface area contributed by atoms with Gasteiger partial charge < -0.3 is 23.7 Å². The summed E-state index contributed by atoms with van der Waals surface area (Å²) in [4.78, 5) is 10.6. The maximum absolute atomic E-state index is 10.6. The average molecular weight is 417 g/mol. The van der Waals surface area contributed by atoms with Crippen molar-refractivity contribution in [1.29, 1.82) is 0 Å². The van der Waals surface area contributed by atoms with Gasteiger partial charge in [0.25, 0.3) is 0 Å². The number of ether oxygens (including phenoxy) is 5. The molecule has 0 spiro atoms. The zero-order valence-electron chi connectivity index (χ0n) is 16.6. The molecule has 0 unspecified atom stereocenters. The van der Waals surface area contributed by atoms with Crippen LogP contribution in [0.2, 0.25) is 0 Å². The minimum atomic E-state index is 0.455. The van der Waals surface area contributed by atoms with E-state index < -0.39 is 0 Å². The number of rotatable bonds is 20. The Labute approximate surface area is 173 Å². The van der Waals surface area contributed by atoms with E-state index in [2.05, 4.69) is 0 Å². The Morgan fingerprint density at radius 3 is 1.68 bits per heavy atom. The summed E-state index contributed by atoms with van der Waals surface area (Å²) >= 11 is 5.62. The first kappa shape index (κ1) is 24.9. The smallest absolute Gasteiger partial charge is 0.150 e. The second kappa shape index (κ2) is 19.2. The summed E-state index contributed by atoms with van der Waals surface area (Å²) in [7, 11) is 0. The summed E-state index contributed by atoms with van der Waals surface area (Å²) < 4.78 is 27.3.